The Hall–Kier alpha value is 0.858. The lowest BCUT2D eigenvalue weighted by Crippen LogP contribution is -2.33. The molecule has 0 bridgehead atoms. The van der Waals surface area contributed by atoms with Crippen LogP contribution in [0.3, 0.4) is 0 Å². The lowest BCUT2D eigenvalue weighted by molar-refractivity contribution is 0.220. The lowest BCUT2D eigenvalue weighted by atomic mass is 10.9. The van der Waals surface area contributed by atoms with E-state index in [-0.39, 0.29) is 0 Å². The van der Waals surface area contributed by atoms with Crippen molar-refractivity contribution in [3.8, 4) is 0 Å². The Morgan fingerprint density at radius 3 is 2.11 bits per heavy atom. The van der Waals surface area contributed by atoms with Crippen molar-refractivity contribution in [3.05, 3.63) is 0 Å². The van der Waals surface area contributed by atoms with Crippen LogP contribution in [0.1, 0.15) is 13.8 Å². The molecule has 1 fully saturated rings. The van der Waals surface area contributed by atoms with Crippen LogP contribution in [0.25, 0.3) is 0 Å². The number of rotatable bonds is 7. The second kappa shape index (κ2) is 9.71. The second-order valence-electron chi connectivity index (χ2n) is 3.48. The minimum absolute atomic E-state index is 0.353. The summed E-state index contributed by atoms with van der Waals surface area (Å²) in [5, 5.41) is 0. The van der Waals surface area contributed by atoms with Crippen LogP contribution in [0, 0.1) is 0 Å². The molecule has 0 N–H and O–H groups in total. The van der Waals surface area contributed by atoms with Gasteiger partial charge in [-0.15, -0.1) is 0 Å². The highest BCUT2D eigenvalue weighted by Gasteiger charge is 2.27. The molecular formula is C6H21O7PSi4. The van der Waals surface area contributed by atoms with E-state index in [2.05, 4.69) is 0 Å². The van der Waals surface area contributed by atoms with E-state index in [1.54, 1.807) is 13.8 Å². The van der Waals surface area contributed by atoms with Crippen LogP contribution in [0.5, 0.6) is 0 Å². The highest BCUT2D eigenvalue weighted by atomic mass is 31.2. The average Bonchev–Trinajstić information content (AvgIpc) is 2.28. The third kappa shape index (κ3) is 6.86. The molecule has 1 aliphatic heterocycles. The third-order valence-electron chi connectivity index (χ3n) is 2.13. The minimum Gasteiger partial charge on any atom is -0.425 e. The maximum atomic E-state index is 12.2. The molecule has 0 atom stereocenters. The summed E-state index contributed by atoms with van der Waals surface area (Å²) < 4.78 is 44.6. The van der Waals surface area contributed by atoms with Crippen LogP contribution in [0.15, 0.2) is 0 Å². The molecule has 0 unspecified atom stereocenters. The van der Waals surface area contributed by atoms with Gasteiger partial charge in [-0.1, -0.05) is 0 Å². The molecule has 0 aliphatic carbocycles. The summed E-state index contributed by atoms with van der Waals surface area (Å²) in [6, 6.07) is 0.617. The first-order valence-electron chi connectivity index (χ1n) is 5.97. The van der Waals surface area contributed by atoms with Crippen LogP contribution < -0.4 is 0 Å². The van der Waals surface area contributed by atoms with Crippen LogP contribution in [0.2, 0.25) is 6.04 Å². The van der Waals surface area contributed by atoms with Crippen molar-refractivity contribution in [2.45, 2.75) is 19.9 Å². The van der Waals surface area contributed by atoms with E-state index < -0.39 is 46.9 Å². The summed E-state index contributed by atoms with van der Waals surface area (Å²) in [7, 11) is -7.52. The normalized spacial score (nSPS) is 26.4. The highest BCUT2D eigenvalue weighted by Crippen LogP contribution is 2.48. The van der Waals surface area contributed by atoms with Gasteiger partial charge >= 0.3 is 16.9 Å². The van der Waals surface area contributed by atoms with Gasteiger partial charge in [-0.2, -0.15) is 0 Å². The Kier molecular flexibility index (Phi) is 9.13. The molecule has 1 aliphatic rings. The molecule has 0 amide bonds. The van der Waals surface area contributed by atoms with E-state index in [4.69, 9.17) is 25.5 Å². The van der Waals surface area contributed by atoms with Gasteiger partial charge < -0.3 is 25.5 Å². The van der Waals surface area contributed by atoms with E-state index in [0.29, 0.717) is 25.4 Å². The fourth-order valence-electron chi connectivity index (χ4n) is 1.41. The number of hydrogen-bond acceptors (Lipinski definition) is 7. The zero-order valence-corrected chi connectivity index (χ0v) is 17.1. The summed E-state index contributed by atoms with van der Waals surface area (Å²) in [6.45, 7) is 4.37. The van der Waals surface area contributed by atoms with Crippen molar-refractivity contribution in [1.29, 1.82) is 0 Å². The first-order valence-corrected chi connectivity index (χ1v) is 12.9. The molecule has 0 spiro atoms. The van der Waals surface area contributed by atoms with Gasteiger partial charge in [0.1, 0.15) is 0 Å². The van der Waals surface area contributed by atoms with E-state index in [9.17, 15) is 4.57 Å². The molecule has 108 valence electrons. The van der Waals surface area contributed by atoms with Gasteiger partial charge in [0.2, 0.25) is 0 Å². The van der Waals surface area contributed by atoms with Gasteiger partial charge in [0.15, 0.2) is 0 Å². The van der Waals surface area contributed by atoms with Gasteiger partial charge in [-0.3, -0.25) is 4.57 Å². The van der Waals surface area contributed by atoms with E-state index in [1.165, 1.54) is 0 Å². The Balaban J connectivity index is 2.37. The molecule has 1 saturated heterocycles. The zero-order valence-electron chi connectivity index (χ0n) is 10.8. The first kappa shape index (κ1) is 16.9. The van der Waals surface area contributed by atoms with Crippen molar-refractivity contribution in [2.75, 3.05) is 19.4 Å². The van der Waals surface area contributed by atoms with Crippen molar-refractivity contribution in [1.82, 2.24) is 0 Å². The van der Waals surface area contributed by atoms with Gasteiger partial charge in [0.05, 0.1) is 19.4 Å². The standard InChI is InChI=1S/C6H21O7PSi4/c1-3-8-14(7,9-4-2)5-6-18-12-16-10-15-11-17-13-18/h18H,3-6,15-17H2,1-2H3. The van der Waals surface area contributed by atoms with Crippen molar-refractivity contribution >= 4 is 46.9 Å². The molecule has 7 nitrogen and oxygen atoms in total. The van der Waals surface area contributed by atoms with E-state index >= 15 is 0 Å². The smallest absolute Gasteiger partial charge is 0.330 e. The minimum atomic E-state index is -2.98. The fourth-order valence-corrected chi connectivity index (χ4v) is 13.0. The van der Waals surface area contributed by atoms with E-state index in [1.807, 2.05) is 0 Å². The fraction of sp³-hybridized carbons (Fsp3) is 1.00. The predicted octanol–water partition coefficient (Wildman–Crippen LogP) is -1.45. The summed E-state index contributed by atoms with van der Waals surface area (Å²) in [5.41, 5.74) is 0. The Morgan fingerprint density at radius 2 is 1.61 bits per heavy atom. The molecule has 0 aromatic heterocycles. The Bertz CT molecular complexity index is 252. The molecular weight excluding hydrogens is 327 g/mol. The van der Waals surface area contributed by atoms with E-state index in [0.717, 1.165) is 0 Å². The van der Waals surface area contributed by atoms with Crippen molar-refractivity contribution in [3.63, 3.8) is 0 Å². The van der Waals surface area contributed by atoms with Crippen LogP contribution in [0.4, 0.5) is 0 Å². The van der Waals surface area contributed by atoms with Gasteiger partial charge in [0.25, 0.3) is 30.0 Å². The summed E-state index contributed by atoms with van der Waals surface area (Å²) >= 11 is 0. The molecule has 1 heterocycles. The van der Waals surface area contributed by atoms with Gasteiger partial charge in [-0.05, 0) is 19.9 Å². The van der Waals surface area contributed by atoms with Crippen LogP contribution in [-0.4, -0.2) is 58.7 Å². The Morgan fingerprint density at radius 1 is 1.06 bits per heavy atom. The summed E-state index contributed by atoms with van der Waals surface area (Å²) in [6.07, 6.45) is 0.353. The topological polar surface area (TPSA) is 72.5 Å². The summed E-state index contributed by atoms with van der Waals surface area (Å²) in [4.78, 5) is 0. The SMILES string of the molecule is CCOP(=O)(CC[SiH]1O[SiH2]O[SiH2]O[SiH2]O1)OCC. The van der Waals surface area contributed by atoms with Crippen molar-refractivity contribution < 1.29 is 30.1 Å². The molecule has 0 aromatic rings. The number of hydrogen-bond donors (Lipinski definition) is 0. The highest BCUT2D eigenvalue weighted by molar-refractivity contribution is 7.54. The van der Waals surface area contributed by atoms with Gasteiger partial charge in [0, 0.05) is 0 Å². The first-order chi connectivity index (χ1) is 8.70. The molecule has 0 radical (unpaired) electrons. The van der Waals surface area contributed by atoms with Crippen LogP contribution in [-0.2, 0) is 30.1 Å². The maximum absolute atomic E-state index is 12.2. The zero-order chi connectivity index (χ0) is 13.3. The largest absolute Gasteiger partial charge is 0.425 e. The second-order valence-corrected chi connectivity index (χ2v) is 13.7. The molecule has 0 aromatic carbocycles. The van der Waals surface area contributed by atoms with Crippen molar-refractivity contribution in [2.24, 2.45) is 0 Å². The average molecular weight is 349 g/mol. The lowest BCUT2D eigenvalue weighted by Gasteiger charge is -2.22. The molecule has 1 rings (SSSR count). The monoisotopic (exact) mass is 348 g/mol. The maximum Gasteiger partial charge on any atom is 0.330 e. The summed E-state index contributed by atoms with van der Waals surface area (Å²) in [5.74, 6) is 0. The quantitative estimate of drug-likeness (QED) is 0.412. The van der Waals surface area contributed by atoms with Gasteiger partial charge in [-0.25, -0.2) is 0 Å². The molecule has 18 heavy (non-hydrogen) atoms. The Labute approximate surface area is 116 Å². The predicted molar refractivity (Wildman–Crippen MR) is 77.7 cm³/mol. The third-order valence-corrected chi connectivity index (χ3v) is 12.2. The van der Waals surface area contributed by atoms with Crippen LogP contribution >= 0.6 is 7.60 Å². The molecule has 12 heteroatoms. The molecule has 0 saturated carbocycles.